The summed E-state index contributed by atoms with van der Waals surface area (Å²) in [6.45, 7) is 0.686. The molecule has 2 N–H and O–H groups in total. The Bertz CT molecular complexity index is 543. The number of hydrogen-bond acceptors (Lipinski definition) is 4. The van der Waals surface area contributed by atoms with Crippen molar-refractivity contribution in [2.75, 3.05) is 11.9 Å². The van der Waals surface area contributed by atoms with E-state index in [0.717, 1.165) is 17.3 Å². The summed E-state index contributed by atoms with van der Waals surface area (Å²) in [5.41, 5.74) is 0.903. The standard InChI is InChI=1S/C13H15N3O2/c17-12(18)7-3-4-8-14-13-15-9-10-5-1-2-6-11(10)16-13/h1-2,5-6,9H,3-4,7-8H2,(H,17,18)(H,14,15,16). The van der Waals surface area contributed by atoms with E-state index in [2.05, 4.69) is 15.3 Å². The topological polar surface area (TPSA) is 75.1 Å². The van der Waals surface area contributed by atoms with Gasteiger partial charge in [-0.25, -0.2) is 9.97 Å². The maximum Gasteiger partial charge on any atom is 0.303 e. The number of aromatic nitrogens is 2. The van der Waals surface area contributed by atoms with Crippen molar-refractivity contribution >= 4 is 22.8 Å². The van der Waals surface area contributed by atoms with Crippen LogP contribution in [0.1, 0.15) is 19.3 Å². The number of anilines is 1. The van der Waals surface area contributed by atoms with E-state index in [-0.39, 0.29) is 6.42 Å². The highest BCUT2D eigenvalue weighted by atomic mass is 16.4. The lowest BCUT2D eigenvalue weighted by molar-refractivity contribution is -0.137. The number of fused-ring (bicyclic) bond motifs is 1. The van der Waals surface area contributed by atoms with Crippen molar-refractivity contribution in [2.45, 2.75) is 19.3 Å². The zero-order chi connectivity index (χ0) is 12.8. The fraction of sp³-hybridized carbons (Fsp3) is 0.308. The molecule has 0 atom stereocenters. The number of para-hydroxylation sites is 1. The minimum Gasteiger partial charge on any atom is -0.481 e. The lowest BCUT2D eigenvalue weighted by Gasteiger charge is -2.04. The molecule has 1 aromatic heterocycles. The van der Waals surface area contributed by atoms with Crippen LogP contribution in [0.5, 0.6) is 0 Å². The zero-order valence-electron chi connectivity index (χ0n) is 9.97. The molecule has 1 heterocycles. The Morgan fingerprint density at radius 3 is 2.94 bits per heavy atom. The van der Waals surface area contributed by atoms with Crippen LogP contribution in [0.3, 0.4) is 0 Å². The Morgan fingerprint density at radius 1 is 1.28 bits per heavy atom. The van der Waals surface area contributed by atoms with Gasteiger partial charge >= 0.3 is 5.97 Å². The summed E-state index contributed by atoms with van der Waals surface area (Å²) in [4.78, 5) is 18.9. The van der Waals surface area contributed by atoms with Crippen LogP contribution >= 0.6 is 0 Å². The first kappa shape index (κ1) is 12.3. The monoisotopic (exact) mass is 245 g/mol. The van der Waals surface area contributed by atoms with Gasteiger partial charge in [0.15, 0.2) is 0 Å². The average Bonchev–Trinajstić information content (AvgIpc) is 2.38. The number of rotatable bonds is 6. The van der Waals surface area contributed by atoms with Gasteiger partial charge in [-0.3, -0.25) is 4.79 Å². The van der Waals surface area contributed by atoms with Gasteiger partial charge in [-0.1, -0.05) is 18.2 Å². The summed E-state index contributed by atoms with van der Waals surface area (Å²) in [6.07, 6.45) is 3.45. The van der Waals surface area contributed by atoms with Crippen LogP contribution in [0.4, 0.5) is 5.95 Å². The molecule has 1 aromatic carbocycles. The molecule has 0 bridgehead atoms. The second-order valence-corrected chi connectivity index (χ2v) is 4.03. The van der Waals surface area contributed by atoms with E-state index in [1.54, 1.807) is 6.20 Å². The van der Waals surface area contributed by atoms with Crippen molar-refractivity contribution in [3.8, 4) is 0 Å². The van der Waals surface area contributed by atoms with Crippen molar-refractivity contribution in [2.24, 2.45) is 0 Å². The van der Waals surface area contributed by atoms with Crippen LogP contribution in [0.25, 0.3) is 10.9 Å². The summed E-state index contributed by atoms with van der Waals surface area (Å²) in [6, 6.07) is 7.79. The molecule has 0 saturated heterocycles. The smallest absolute Gasteiger partial charge is 0.303 e. The minimum atomic E-state index is -0.753. The highest BCUT2D eigenvalue weighted by molar-refractivity contribution is 5.78. The van der Waals surface area contributed by atoms with E-state index in [1.165, 1.54) is 0 Å². The highest BCUT2D eigenvalue weighted by Crippen LogP contribution is 2.11. The van der Waals surface area contributed by atoms with Crippen LogP contribution in [-0.2, 0) is 4.79 Å². The van der Waals surface area contributed by atoms with Crippen LogP contribution < -0.4 is 5.32 Å². The minimum absolute atomic E-state index is 0.209. The molecule has 0 unspecified atom stereocenters. The van der Waals surface area contributed by atoms with Gasteiger partial charge in [0.1, 0.15) is 0 Å². The van der Waals surface area contributed by atoms with Crippen LogP contribution in [0, 0.1) is 0 Å². The van der Waals surface area contributed by atoms with Gasteiger partial charge < -0.3 is 10.4 Å². The number of unbranched alkanes of at least 4 members (excludes halogenated alkanes) is 1. The van der Waals surface area contributed by atoms with Crippen LogP contribution in [0.2, 0.25) is 0 Å². The SMILES string of the molecule is O=C(O)CCCCNc1ncc2ccccc2n1. The zero-order valence-corrected chi connectivity index (χ0v) is 9.97. The third-order valence-corrected chi connectivity index (χ3v) is 2.59. The number of nitrogens with one attached hydrogen (secondary N) is 1. The van der Waals surface area contributed by atoms with Gasteiger partial charge in [-0.15, -0.1) is 0 Å². The molecule has 0 amide bonds. The number of carboxylic acid groups (broad SMARTS) is 1. The van der Waals surface area contributed by atoms with Gasteiger partial charge in [0.05, 0.1) is 5.52 Å². The molecule has 5 nitrogen and oxygen atoms in total. The molecule has 5 heteroatoms. The number of carboxylic acids is 1. The molecule has 0 aliphatic rings. The van der Waals surface area contributed by atoms with E-state index in [4.69, 9.17) is 5.11 Å². The number of hydrogen-bond donors (Lipinski definition) is 2. The van der Waals surface area contributed by atoms with E-state index in [1.807, 2.05) is 24.3 Å². The Morgan fingerprint density at radius 2 is 2.11 bits per heavy atom. The Labute approximate surface area is 105 Å². The number of nitrogens with zero attached hydrogens (tertiary/aromatic N) is 2. The quantitative estimate of drug-likeness (QED) is 0.764. The third kappa shape index (κ3) is 3.41. The van der Waals surface area contributed by atoms with Crippen LogP contribution in [-0.4, -0.2) is 27.6 Å². The van der Waals surface area contributed by atoms with Gasteiger partial charge in [-0.05, 0) is 18.9 Å². The molecule has 94 valence electrons. The predicted octanol–water partition coefficient (Wildman–Crippen LogP) is 2.30. The Balaban J connectivity index is 1.86. The maximum atomic E-state index is 10.3. The molecule has 0 radical (unpaired) electrons. The largest absolute Gasteiger partial charge is 0.481 e. The summed E-state index contributed by atoms with van der Waals surface area (Å²) in [5.74, 6) is -0.166. The fourth-order valence-electron chi connectivity index (χ4n) is 1.66. The molecule has 0 fully saturated rings. The third-order valence-electron chi connectivity index (χ3n) is 2.59. The van der Waals surface area contributed by atoms with Crippen molar-refractivity contribution in [1.29, 1.82) is 0 Å². The lowest BCUT2D eigenvalue weighted by atomic mass is 10.2. The Hall–Kier alpha value is -2.17. The Kier molecular flexibility index (Phi) is 4.06. The van der Waals surface area contributed by atoms with Crippen molar-refractivity contribution in [3.63, 3.8) is 0 Å². The fourth-order valence-corrected chi connectivity index (χ4v) is 1.66. The summed E-state index contributed by atoms with van der Waals surface area (Å²) in [5, 5.41) is 12.6. The predicted molar refractivity (Wildman–Crippen MR) is 69.5 cm³/mol. The van der Waals surface area contributed by atoms with E-state index in [9.17, 15) is 4.79 Å². The molecule has 18 heavy (non-hydrogen) atoms. The molecular formula is C13H15N3O2. The molecular weight excluding hydrogens is 230 g/mol. The lowest BCUT2D eigenvalue weighted by Crippen LogP contribution is -2.06. The molecule has 0 saturated carbocycles. The number of aliphatic carboxylic acids is 1. The first-order chi connectivity index (χ1) is 8.75. The van der Waals surface area contributed by atoms with Gasteiger partial charge in [-0.2, -0.15) is 0 Å². The first-order valence-corrected chi connectivity index (χ1v) is 5.93. The second-order valence-electron chi connectivity index (χ2n) is 4.03. The average molecular weight is 245 g/mol. The second kappa shape index (κ2) is 5.95. The van der Waals surface area contributed by atoms with Gasteiger partial charge in [0.25, 0.3) is 0 Å². The van der Waals surface area contributed by atoms with Crippen molar-refractivity contribution < 1.29 is 9.90 Å². The summed E-state index contributed by atoms with van der Waals surface area (Å²) in [7, 11) is 0. The van der Waals surface area contributed by atoms with E-state index in [0.29, 0.717) is 18.9 Å². The van der Waals surface area contributed by atoms with Crippen molar-refractivity contribution in [3.05, 3.63) is 30.5 Å². The number of carbonyl (C=O) groups is 1. The van der Waals surface area contributed by atoms with Gasteiger partial charge in [0.2, 0.25) is 5.95 Å². The van der Waals surface area contributed by atoms with Crippen LogP contribution in [0.15, 0.2) is 30.5 Å². The normalized spacial score (nSPS) is 10.4. The van der Waals surface area contributed by atoms with E-state index >= 15 is 0 Å². The first-order valence-electron chi connectivity index (χ1n) is 5.93. The molecule has 0 spiro atoms. The molecule has 2 aromatic rings. The van der Waals surface area contributed by atoms with Gasteiger partial charge in [0, 0.05) is 24.5 Å². The van der Waals surface area contributed by atoms with Crippen molar-refractivity contribution in [1.82, 2.24) is 9.97 Å². The maximum absolute atomic E-state index is 10.3. The highest BCUT2D eigenvalue weighted by Gasteiger charge is 1.99. The molecule has 0 aliphatic heterocycles. The van der Waals surface area contributed by atoms with E-state index < -0.39 is 5.97 Å². The molecule has 0 aliphatic carbocycles. The number of benzene rings is 1. The summed E-state index contributed by atoms with van der Waals surface area (Å²) < 4.78 is 0. The summed E-state index contributed by atoms with van der Waals surface area (Å²) >= 11 is 0. The molecule has 2 rings (SSSR count).